The van der Waals surface area contributed by atoms with Gasteiger partial charge < -0.3 is 5.73 Å². The number of halogens is 1. The molecule has 1 aromatic heterocycles. The van der Waals surface area contributed by atoms with Crippen molar-refractivity contribution in [3.8, 4) is 11.3 Å². The van der Waals surface area contributed by atoms with E-state index in [-0.39, 0.29) is 0 Å². The highest BCUT2D eigenvalue weighted by molar-refractivity contribution is 9.10. The molecule has 0 saturated heterocycles. The highest BCUT2D eigenvalue weighted by atomic mass is 79.9. The molecule has 0 amide bonds. The molecule has 0 atom stereocenters. The largest absolute Gasteiger partial charge is 0.325 e. The summed E-state index contributed by atoms with van der Waals surface area (Å²) in [6.07, 6.45) is 1.02. The van der Waals surface area contributed by atoms with Crippen molar-refractivity contribution in [2.24, 2.45) is 5.73 Å². The third-order valence-corrected chi connectivity index (χ3v) is 3.25. The zero-order chi connectivity index (χ0) is 12.3. The molecular weight excluding hydrogens is 280 g/mol. The van der Waals surface area contributed by atoms with Crippen molar-refractivity contribution in [3.05, 3.63) is 34.4 Å². The first kappa shape index (κ1) is 12.3. The average Bonchev–Trinajstić information content (AvgIpc) is 2.73. The highest BCUT2D eigenvalue weighted by Gasteiger charge is 2.15. The van der Waals surface area contributed by atoms with Crippen molar-refractivity contribution < 1.29 is 0 Å². The van der Waals surface area contributed by atoms with Gasteiger partial charge in [-0.1, -0.05) is 46.3 Å². The number of aromatic nitrogens is 3. The van der Waals surface area contributed by atoms with E-state index in [9.17, 15) is 0 Å². The van der Waals surface area contributed by atoms with Gasteiger partial charge in [0.05, 0.1) is 5.69 Å². The van der Waals surface area contributed by atoms with E-state index in [4.69, 9.17) is 5.73 Å². The van der Waals surface area contributed by atoms with E-state index in [1.807, 2.05) is 28.9 Å². The molecule has 0 unspecified atom stereocenters. The Morgan fingerprint density at radius 1 is 1.35 bits per heavy atom. The molecular formula is C12H15BrN4. The van der Waals surface area contributed by atoms with Crippen LogP contribution in [0.15, 0.2) is 28.7 Å². The summed E-state index contributed by atoms with van der Waals surface area (Å²) in [4.78, 5) is 0. The molecule has 17 heavy (non-hydrogen) atoms. The van der Waals surface area contributed by atoms with Gasteiger partial charge in [-0.2, -0.15) is 0 Å². The monoisotopic (exact) mass is 294 g/mol. The smallest absolute Gasteiger partial charge is 0.104 e. The van der Waals surface area contributed by atoms with Crippen LogP contribution in [0.2, 0.25) is 0 Å². The Morgan fingerprint density at radius 2 is 2.12 bits per heavy atom. The third-order valence-electron chi connectivity index (χ3n) is 2.56. The van der Waals surface area contributed by atoms with Crippen LogP contribution >= 0.6 is 15.9 Å². The second kappa shape index (κ2) is 5.42. The van der Waals surface area contributed by atoms with Crippen LogP contribution in [0.4, 0.5) is 0 Å². The fraction of sp³-hybridized carbons (Fsp3) is 0.333. The lowest BCUT2D eigenvalue weighted by atomic mass is 10.1. The van der Waals surface area contributed by atoms with E-state index in [2.05, 4.69) is 33.2 Å². The molecule has 5 heteroatoms. The van der Waals surface area contributed by atoms with Gasteiger partial charge >= 0.3 is 0 Å². The maximum atomic E-state index is 5.72. The minimum absolute atomic E-state index is 0.403. The number of aryl methyl sites for hydroxylation is 1. The van der Waals surface area contributed by atoms with Crippen LogP contribution in [0.3, 0.4) is 0 Å². The molecule has 0 spiro atoms. The number of nitrogens with two attached hydrogens (primary N) is 1. The molecule has 0 aliphatic carbocycles. The summed E-state index contributed by atoms with van der Waals surface area (Å²) in [5.41, 5.74) is 8.66. The Labute approximate surface area is 109 Å². The van der Waals surface area contributed by atoms with Crippen molar-refractivity contribution in [2.75, 3.05) is 0 Å². The number of rotatable bonds is 4. The first-order chi connectivity index (χ1) is 8.27. The van der Waals surface area contributed by atoms with Gasteiger partial charge in [-0.25, -0.2) is 4.68 Å². The minimum atomic E-state index is 0.403. The fourth-order valence-electron chi connectivity index (χ4n) is 1.80. The highest BCUT2D eigenvalue weighted by Crippen LogP contribution is 2.29. The Morgan fingerprint density at radius 3 is 2.76 bits per heavy atom. The zero-order valence-corrected chi connectivity index (χ0v) is 11.3. The van der Waals surface area contributed by atoms with E-state index >= 15 is 0 Å². The van der Waals surface area contributed by atoms with Crippen LogP contribution in [0.5, 0.6) is 0 Å². The summed E-state index contributed by atoms with van der Waals surface area (Å²) in [6.45, 7) is 3.37. The summed E-state index contributed by atoms with van der Waals surface area (Å²) in [6, 6.07) is 8.06. The summed E-state index contributed by atoms with van der Waals surface area (Å²) >= 11 is 3.56. The van der Waals surface area contributed by atoms with Gasteiger partial charge in [0.25, 0.3) is 0 Å². The molecule has 4 nitrogen and oxygen atoms in total. The Hall–Kier alpha value is -1.20. The molecule has 1 aromatic carbocycles. The molecule has 0 radical (unpaired) electrons. The minimum Gasteiger partial charge on any atom is -0.325 e. The Bertz CT molecular complexity index is 507. The predicted molar refractivity (Wildman–Crippen MR) is 71.3 cm³/mol. The van der Waals surface area contributed by atoms with E-state index in [0.29, 0.717) is 6.54 Å². The lowest BCUT2D eigenvalue weighted by Gasteiger charge is -2.08. The average molecular weight is 295 g/mol. The quantitative estimate of drug-likeness (QED) is 0.943. The lowest BCUT2D eigenvalue weighted by Crippen LogP contribution is -2.04. The molecule has 0 aliphatic rings. The van der Waals surface area contributed by atoms with Crippen LogP contribution in [0, 0.1) is 0 Å². The molecule has 0 fully saturated rings. The summed E-state index contributed by atoms with van der Waals surface area (Å²) in [5.74, 6) is 0. The number of nitrogens with zero attached hydrogens (tertiary/aromatic N) is 3. The molecule has 0 aliphatic heterocycles. The van der Waals surface area contributed by atoms with Crippen LogP contribution < -0.4 is 5.73 Å². The SMILES string of the molecule is CCCn1nnc(CN)c1-c1ccccc1Br. The van der Waals surface area contributed by atoms with Gasteiger partial charge in [0.2, 0.25) is 0 Å². The lowest BCUT2D eigenvalue weighted by molar-refractivity contribution is 0.584. The first-order valence-electron chi connectivity index (χ1n) is 5.65. The molecule has 2 rings (SSSR count). The fourth-order valence-corrected chi connectivity index (χ4v) is 2.28. The van der Waals surface area contributed by atoms with Gasteiger partial charge in [-0.15, -0.1) is 5.10 Å². The molecule has 0 saturated carbocycles. The van der Waals surface area contributed by atoms with Gasteiger partial charge in [-0.05, 0) is 12.5 Å². The number of hydrogen-bond donors (Lipinski definition) is 1. The normalized spacial score (nSPS) is 10.8. The van der Waals surface area contributed by atoms with Crippen molar-refractivity contribution in [2.45, 2.75) is 26.4 Å². The van der Waals surface area contributed by atoms with Crippen LogP contribution in [0.1, 0.15) is 19.0 Å². The van der Waals surface area contributed by atoms with Crippen LogP contribution in [0.25, 0.3) is 11.3 Å². The maximum Gasteiger partial charge on any atom is 0.104 e. The van der Waals surface area contributed by atoms with E-state index in [1.54, 1.807) is 0 Å². The van der Waals surface area contributed by atoms with Crippen molar-refractivity contribution in [1.82, 2.24) is 15.0 Å². The number of benzene rings is 1. The summed E-state index contributed by atoms with van der Waals surface area (Å²) in [7, 11) is 0. The summed E-state index contributed by atoms with van der Waals surface area (Å²) < 4.78 is 2.96. The van der Waals surface area contributed by atoms with Crippen LogP contribution in [-0.4, -0.2) is 15.0 Å². The first-order valence-corrected chi connectivity index (χ1v) is 6.44. The van der Waals surface area contributed by atoms with Gasteiger partial charge in [0, 0.05) is 23.1 Å². The van der Waals surface area contributed by atoms with Crippen molar-refractivity contribution in [3.63, 3.8) is 0 Å². The standard InChI is InChI=1S/C12H15BrN4/c1-2-7-17-12(11(8-14)15-16-17)9-5-3-4-6-10(9)13/h3-6H,2,7-8,14H2,1H3. The van der Waals surface area contributed by atoms with Gasteiger partial charge in [-0.3, -0.25) is 0 Å². The zero-order valence-electron chi connectivity index (χ0n) is 9.73. The maximum absolute atomic E-state index is 5.72. The number of hydrogen-bond acceptors (Lipinski definition) is 3. The third kappa shape index (κ3) is 2.40. The molecule has 1 heterocycles. The Kier molecular flexibility index (Phi) is 3.91. The predicted octanol–water partition coefficient (Wildman–Crippen LogP) is 2.58. The van der Waals surface area contributed by atoms with E-state index in [1.165, 1.54) is 0 Å². The molecule has 0 bridgehead atoms. The van der Waals surface area contributed by atoms with Crippen LogP contribution in [-0.2, 0) is 13.1 Å². The molecule has 2 N–H and O–H groups in total. The van der Waals surface area contributed by atoms with E-state index < -0.39 is 0 Å². The molecule has 90 valence electrons. The van der Waals surface area contributed by atoms with Crippen molar-refractivity contribution in [1.29, 1.82) is 0 Å². The molecule has 2 aromatic rings. The summed E-state index contributed by atoms with van der Waals surface area (Å²) in [5, 5.41) is 8.30. The van der Waals surface area contributed by atoms with Gasteiger partial charge in [0.15, 0.2) is 0 Å². The second-order valence-electron chi connectivity index (χ2n) is 3.79. The second-order valence-corrected chi connectivity index (χ2v) is 4.65. The topological polar surface area (TPSA) is 56.7 Å². The van der Waals surface area contributed by atoms with Gasteiger partial charge in [0.1, 0.15) is 5.69 Å². The van der Waals surface area contributed by atoms with Crippen molar-refractivity contribution >= 4 is 15.9 Å². The Balaban J connectivity index is 2.56. The van der Waals surface area contributed by atoms with E-state index in [0.717, 1.165) is 34.4 Å².